The third-order valence-electron chi connectivity index (χ3n) is 3.31. The van der Waals surface area contributed by atoms with E-state index in [2.05, 4.69) is 60.7 Å². The van der Waals surface area contributed by atoms with Crippen LogP contribution in [0.1, 0.15) is 31.4 Å². The summed E-state index contributed by atoms with van der Waals surface area (Å²) in [6, 6.07) is 8.36. The highest BCUT2D eigenvalue weighted by molar-refractivity contribution is 14.0. The highest BCUT2D eigenvalue weighted by Crippen LogP contribution is 2.05. The second-order valence-corrected chi connectivity index (χ2v) is 5.57. The van der Waals surface area contributed by atoms with Crippen molar-refractivity contribution in [3.8, 4) is 0 Å². The predicted octanol–water partition coefficient (Wildman–Crippen LogP) is 3.34. The molecule has 0 fully saturated rings. The molecule has 0 saturated carbocycles. The molecular weight excluding hydrogens is 389 g/mol. The zero-order chi connectivity index (χ0) is 15.5. The summed E-state index contributed by atoms with van der Waals surface area (Å²) in [6.45, 7) is 9.62. The normalized spacial score (nSPS) is 11.2. The molecule has 1 aromatic carbocycles. The topological polar surface area (TPSA) is 45.7 Å². The minimum atomic E-state index is 0. The van der Waals surface area contributed by atoms with Gasteiger partial charge in [-0.25, -0.2) is 0 Å². The minimum Gasteiger partial charge on any atom is -0.380 e. The van der Waals surface area contributed by atoms with Crippen molar-refractivity contribution in [2.75, 3.05) is 26.8 Å². The number of nitrogens with one attached hydrogen (secondary N) is 2. The van der Waals surface area contributed by atoms with Crippen LogP contribution in [-0.4, -0.2) is 32.8 Å². The monoisotopic (exact) mass is 419 g/mol. The summed E-state index contributed by atoms with van der Waals surface area (Å²) in [4.78, 5) is 4.22. The molecule has 0 atom stereocenters. The highest BCUT2D eigenvalue weighted by Gasteiger charge is 2.00. The van der Waals surface area contributed by atoms with Crippen LogP contribution in [-0.2, 0) is 11.3 Å². The van der Waals surface area contributed by atoms with Gasteiger partial charge < -0.3 is 15.4 Å². The number of guanidine groups is 1. The van der Waals surface area contributed by atoms with Crippen molar-refractivity contribution in [2.24, 2.45) is 10.9 Å². The van der Waals surface area contributed by atoms with E-state index in [0.29, 0.717) is 12.5 Å². The Morgan fingerprint density at radius 2 is 1.91 bits per heavy atom. The molecule has 0 aromatic heterocycles. The Morgan fingerprint density at radius 3 is 2.55 bits per heavy atom. The van der Waals surface area contributed by atoms with Crippen LogP contribution < -0.4 is 10.6 Å². The van der Waals surface area contributed by atoms with Crippen molar-refractivity contribution in [1.82, 2.24) is 10.6 Å². The van der Waals surface area contributed by atoms with E-state index in [9.17, 15) is 0 Å². The molecule has 0 amide bonds. The highest BCUT2D eigenvalue weighted by atomic mass is 127. The fraction of sp³-hybridized carbons (Fsp3) is 0.588. The number of benzene rings is 1. The summed E-state index contributed by atoms with van der Waals surface area (Å²) in [5, 5.41) is 6.58. The van der Waals surface area contributed by atoms with Crippen LogP contribution >= 0.6 is 24.0 Å². The molecule has 0 saturated heterocycles. The number of aryl methyl sites for hydroxylation is 1. The number of rotatable bonds is 8. The van der Waals surface area contributed by atoms with Crippen molar-refractivity contribution in [3.05, 3.63) is 35.4 Å². The van der Waals surface area contributed by atoms with Crippen LogP contribution in [0.5, 0.6) is 0 Å². The summed E-state index contributed by atoms with van der Waals surface area (Å²) in [6.07, 6.45) is 1.11. The van der Waals surface area contributed by atoms with Crippen LogP contribution in [0.15, 0.2) is 29.3 Å². The number of hydrogen-bond donors (Lipinski definition) is 2. The molecule has 0 radical (unpaired) electrons. The largest absolute Gasteiger partial charge is 0.380 e. The lowest BCUT2D eigenvalue weighted by atomic mass is 10.1. The van der Waals surface area contributed by atoms with Gasteiger partial charge in [-0.3, -0.25) is 4.99 Å². The lowest BCUT2D eigenvalue weighted by Crippen LogP contribution is -2.38. The first-order chi connectivity index (χ1) is 10.1. The fourth-order valence-electron chi connectivity index (χ4n) is 1.87. The van der Waals surface area contributed by atoms with E-state index < -0.39 is 0 Å². The summed E-state index contributed by atoms with van der Waals surface area (Å²) in [5.41, 5.74) is 2.58. The zero-order valence-corrected chi connectivity index (χ0v) is 16.5. The van der Waals surface area contributed by atoms with E-state index in [-0.39, 0.29) is 24.0 Å². The van der Waals surface area contributed by atoms with Gasteiger partial charge in [0.2, 0.25) is 0 Å². The first-order valence-electron chi connectivity index (χ1n) is 7.70. The van der Waals surface area contributed by atoms with Gasteiger partial charge in [-0.2, -0.15) is 0 Å². The summed E-state index contributed by atoms with van der Waals surface area (Å²) in [5.74, 6) is 1.51. The molecule has 0 heterocycles. The lowest BCUT2D eigenvalue weighted by Gasteiger charge is -2.13. The second-order valence-electron chi connectivity index (χ2n) is 5.57. The number of ether oxygens (including phenoxy) is 1. The average Bonchev–Trinajstić information content (AvgIpc) is 2.47. The Kier molecular flexibility index (Phi) is 12.2. The van der Waals surface area contributed by atoms with Crippen LogP contribution in [0.4, 0.5) is 0 Å². The van der Waals surface area contributed by atoms with Crippen LogP contribution in [0.2, 0.25) is 0 Å². The minimum absolute atomic E-state index is 0. The molecule has 0 aliphatic heterocycles. The Balaban J connectivity index is 0.00000441. The van der Waals surface area contributed by atoms with Gasteiger partial charge in [0.15, 0.2) is 5.96 Å². The molecule has 126 valence electrons. The number of aliphatic imine (C=N–C) groups is 1. The van der Waals surface area contributed by atoms with E-state index in [1.54, 1.807) is 7.05 Å². The smallest absolute Gasteiger partial charge is 0.191 e. The van der Waals surface area contributed by atoms with Gasteiger partial charge in [-0.15, -0.1) is 24.0 Å². The molecule has 1 aromatic rings. The quantitative estimate of drug-likeness (QED) is 0.294. The molecule has 4 nitrogen and oxygen atoms in total. The maximum absolute atomic E-state index is 5.58. The molecule has 0 unspecified atom stereocenters. The van der Waals surface area contributed by atoms with Crippen molar-refractivity contribution in [1.29, 1.82) is 0 Å². The molecule has 5 heteroatoms. The summed E-state index contributed by atoms with van der Waals surface area (Å²) in [7, 11) is 1.78. The molecule has 0 aliphatic carbocycles. The van der Waals surface area contributed by atoms with Gasteiger partial charge in [0.1, 0.15) is 0 Å². The van der Waals surface area contributed by atoms with Gasteiger partial charge >= 0.3 is 0 Å². The van der Waals surface area contributed by atoms with Crippen molar-refractivity contribution >= 4 is 29.9 Å². The standard InChI is InChI=1S/C17H29N3O.HI/c1-14(2)9-11-21-12-10-19-17(18-4)20-13-16-8-6-5-7-15(16)3;/h5-8,14H,9-13H2,1-4H3,(H2,18,19,20);1H. The average molecular weight is 419 g/mol. The molecule has 22 heavy (non-hydrogen) atoms. The molecular formula is C17H30IN3O. The van der Waals surface area contributed by atoms with Crippen LogP contribution in [0.25, 0.3) is 0 Å². The number of hydrogen-bond acceptors (Lipinski definition) is 2. The third kappa shape index (κ3) is 9.25. The Hall–Kier alpha value is -0.820. The van der Waals surface area contributed by atoms with Gasteiger partial charge in [0.05, 0.1) is 6.61 Å². The Bertz CT molecular complexity index is 436. The summed E-state index contributed by atoms with van der Waals surface area (Å²) >= 11 is 0. The van der Waals surface area contributed by atoms with Crippen molar-refractivity contribution in [3.63, 3.8) is 0 Å². The number of halogens is 1. The molecule has 2 N–H and O–H groups in total. The SMILES string of the molecule is CN=C(NCCOCCC(C)C)NCc1ccccc1C.I. The maximum Gasteiger partial charge on any atom is 0.191 e. The third-order valence-corrected chi connectivity index (χ3v) is 3.31. The van der Waals surface area contributed by atoms with Crippen LogP contribution in [0, 0.1) is 12.8 Å². The zero-order valence-electron chi connectivity index (χ0n) is 14.2. The van der Waals surface area contributed by atoms with Gasteiger partial charge in [0.25, 0.3) is 0 Å². The van der Waals surface area contributed by atoms with Crippen LogP contribution in [0.3, 0.4) is 0 Å². The van der Waals surface area contributed by atoms with Crippen molar-refractivity contribution < 1.29 is 4.74 Å². The second kappa shape index (κ2) is 12.7. The van der Waals surface area contributed by atoms with E-state index in [0.717, 1.165) is 32.1 Å². The first-order valence-corrected chi connectivity index (χ1v) is 7.70. The van der Waals surface area contributed by atoms with Gasteiger partial charge in [-0.05, 0) is 30.4 Å². The van der Waals surface area contributed by atoms with E-state index in [1.807, 2.05) is 0 Å². The van der Waals surface area contributed by atoms with E-state index in [4.69, 9.17) is 4.74 Å². The predicted molar refractivity (Wildman–Crippen MR) is 105 cm³/mol. The molecule has 0 bridgehead atoms. The fourth-order valence-corrected chi connectivity index (χ4v) is 1.87. The molecule has 0 spiro atoms. The summed E-state index contributed by atoms with van der Waals surface area (Å²) < 4.78 is 5.58. The van der Waals surface area contributed by atoms with Gasteiger partial charge in [0, 0.05) is 26.7 Å². The van der Waals surface area contributed by atoms with E-state index >= 15 is 0 Å². The lowest BCUT2D eigenvalue weighted by molar-refractivity contribution is 0.128. The van der Waals surface area contributed by atoms with E-state index in [1.165, 1.54) is 11.1 Å². The Morgan fingerprint density at radius 1 is 1.18 bits per heavy atom. The Labute approximate surface area is 152 Å². The molecule has 1 rings (SSSR count). The van der Waals surface area contributed by atoms with Crippen molar-refractivity contribution in [2.45, 2.75) is 33.7 Å². The first kappa shape index (κ1) is 21.2. The number of nitrogens with zero attached hydrogens (tertiary/aromatic N) is 1. The molecule has 0 aliphatic rings. The van der Waals surface area contributed by atoms with Gasteiger partial charge in [-0.1, -0.05) is 38.1 Å². The maximum atomic E-state index is 5.58.